The van der Waals surface area contributed by atoms with Gasteiger partial charge in [0, 0.05) is 29.8 Å². The van der Waals surface area contributed by atoms with Gasteiger partial charge in [-0.1, -0.05) is 0 Å². The first-order valence-electron chi connectivity index (χ1n) is 2.57. The maximum absolute atomic E-state index is 5.27. The van der Waals surface area contributed by atoms with Crippen molar-refractivity contribution in [2.24, 2.45) is 0 Å². The Morgan fingerprint density at radius 2 is 2.30 bits per heavy atom. The van der Waals surface area contributed by atoms with Gasteiger partial charge in [0.25, 0.3) is 0 Å². The average molecular weight is 178 g/mol. The summed E-state index contributed by atoms with van der Waals surface area (Å²) in [6.07, 6.45) is 3.27. The third-order valence-corrected chi connectivity index (χ3v) is 1.04. The minimum absolute atomic E-state index is 0.743. The highest BCUT2D eigenvalue weighted by Gasteiger charge is 1.92. The summed E-state index contributed by atoms with van der Waals surface area (Å²) in [7, 11) is 0. The standard InChI is InChI=1S/C5H5Cl2N3/c6-10(7)9-5-2-1-3-8-4-5/h1-4,9H. The van der Waals surface area contributed by atoms with Gasteiger partial charge >= 0.3 is 0 Å². The molecule has 1 heterocycles. The van der Waals surface area contributed by atoms with Crippen LogP contribution in [0.2, 0.25) is 0 Å². The van der Waals surface area contributed by atoms with Crippen molar-refractivity contribution < 1.29 is 0 Å². The number of hydrazine groups is 1. The second-order valence-corrected chi connectivity index (χ2v) is 2.44. The van der Waals surface area contributed by atoms with Crippen molar-refractivity contribution in [3.05, 3.63) is 24.5 Å². The monoisotopic (exact) mass is 177 g/mol. The number of nitrogens with one attached hydrogen (secondary N) is 1. The van der Waals surface area contributed by atoms with Crippen molar-refractivity contribution in [1.29, 1.82) is 0 Å². The van der Waals surface area contributed by atoms with E-state index in [4.69, 9.17) is 23.6 Å². The van der Waals surface area contributed by atoms with Crippen molar-refractivity contribution in [2.45, 2.75) is 0 Å². The molecule has 0 saturated heterocycles. The Bertz CT molecular complexity index is 189. The summed E-state index contributed by atoms with van der Waals surface area (Å²) >= 11 is 10.5. The van der Waals surface area contributed by atoms with Crippen LogP contribution in [0.3, 0.4) is 0 Å². The molecule has 0 atom stereocenters. The number of anilines is 1. The Balaban J connectivity index is 2.59. The zero-order valence-corrected chi connectivity index (χ0v) is 6.47. The molecule has 1 aromatic heterocycles. The van der Waals surface area contributed by atoms with Gasteiger partial charge in [0.05, 0.1) is 11.9 Å². The van der Waals surface area contributed by atoms with E-state index in [9.17, 15) is 0 Å². The quantitative estimate of drug-likeness (QED) is 0.554. The van der Waals surface area contributed by atoms with Crippen molar-refractivity contribution in [3.8, 4) is 0 Å². The molecule has 1 rings (SSSR count). The summed E-state index contributed by atoms with van der Waals surface area (Å²) in [6.45, 7) is 0. The second kappa shape index (κ2) is 3.61. The van der Waals surface area contributed by atoms with Gasteiger partial charge in [-0.2, -0.15) is 0 Å². The molecule has 0 unspecified atom stereocenters. The smallest absolute Gasteiger partial charge is 0.0699 e. The van der Waals surface area contributed by atoms with Crippen molar-refractivity contribution in [3.63, 3.8) is 0 Å². The number of hydrogen-bond acceptors (Lipinski definition) is 3. The SMILES string of the molecule is ClN(Cl)Nc1cccnc1. The predicted molar refractivity (Wildman–Crippen MR) is 41.4 cm³/mol. The van der Waals surface area contributed by atoms with E-state index in [1.165, 1.54) is 0 Å². The molecule has 10 heavy (non-hydrogen) atoms. The van der Waals surface area contributed by atoms with Gasteiger partial charge in [0.15, 0.2) is 0 Å². The molecule has 0 aliphatic rings. The zero-order chi connectivity index (χ0) is 7.40. The molecule has 0 amide bonds. The molecule has 0 spiro atoms. The van der Waals surface area contributed by atoms with Gasteiger partial charge in [-0.3, -0.25) is 10.4 Å². The Kier molecular flexibility index (Phi) is 2.74. The predicted octanol–water partition coefficient (Wildman–Crippen LogP) is 2.02. The van der Waals surface area contributed by atoms with E-state index in [1.54, 1.807) is 24.5 Å². The lowest BCUT2D eigenvalue weighted by molar-refractivity contribution is 0.864. The highest BCUT2D eigenvalue weighted by atomic mass is 35.5. The molecule has 1 aromatic rings. The minimum Gasteiger partial charge on any atom is -0.289 e. The number of pyridine rings is 1. The average Bonchev–Trinajstić information content (AvgIpc) is 1.88. The molecule has 0 aromatic carbocycles. The Hall–Kier alpha value is -0.510. The van der Waals surface area contributed by atoms with Crippen LogP contribution in [0.5, 0.6) is 0 Å². The highest BCUT2D eigenvalue weighted by Crippen LogP contribution is 2.07. The molecule has 0 bridgehead atoms. The third-order valence-electron chi connectivity index (χ3n) is 0.875. The fourth-order valence-electron chi connectivity index (χ4n) is 0.526. The van der Waals surface area contributed by atoms with E-state index in [2.05, 4.69) is 10.4 Å². The Labute approximate surface area is 68.8 Å². The topological polar surface area (TPSA) is 28.2 Å². The maximum atomic E-state index is 5.27. The summed E-state index contributed by atoms with van der Waals surface area (Å²) in [5, 5.41) is 0. The molecule has 54 valence electrons. The molecular weight excluding hydrogens is 173 g/mol. The van der Waals surface area contributed by atoms with E-state index in [0.29, 0.717) is 0 Å². The number of aromatic nitrogens is 1. The van der Waals surface area contributed by atoms with Crippen LogP contribution in [0.15, 0.2) is 24.5 Å². The number of hydrogen-bond donors (Lipinski definition) is 1. The lowest BCUT2D eigenvalue weighted by atomic mass is 10.4. The van der Waals surface area contributed by atoms with E-state index >= 15 is 0 Å². The Morgan fingerprint density at radius 3 is 2.80 bits per heavy atom. The third kappa shape index (κ3) is 2.39. The van der Waals surface area contributed by atoms with Crippen molar-refractivity contribution in [1.82, 2.24) is 9.03 Å². The largest absolute Gasteiger partial charge is 0.289 e. The van der Waals surface area contributed by atoms with Crippen LogP contribution in [0.1, 0.15) is 0 Å². The van der Waals surface area contributed by atoms with E-state index in [1.807, 2.05) is 0 Å². The number of rotatable bonds is 2. The molecule has 0 radical (unpaired) electrons. The van der Waals surface area contributed by atoms with Gasteiger partial charge in [-0.25, -0.2) is 0 Å². The van der Waals surface area contributed by atoms with Crippen molar-refractivity contribution in [2.75, 3.05) is 5.43 Å². The van der Waals surface area contributed by atoms with E-state index in [-0.39, 0.29) is 0 Å². The summed E-state index contributed by atoms with van der Waals surface area (Å²) in [5.74, 6) is 0. The number of nitrogens with zero attached hydrogens (tertiary/aromatic N) is 2. The van der Waals surface area contributed by atoms with Crippen LogP contribution < -0.4 is 5.43 Å². The van der Waals surface area contributed by atoms with Crippen LogP contribution in [0.4, 0.5) is 5.69 Å². The first-order chi connectivity index (χ1) is 4.79. The first kappa shape index (κ1) is 7.60. The summed E-state index contributed by atoms with van der Waals surface area (Å²) in [5.41, 5.74) is 3.35. The molecule has 1 N–H and O–H groups in total. The lowest BCUT2D eigenvalue weighted by Crippen LogP contribution is -2.07. The maximum Gasteiger partial charge on any atom is 0.0699 e. The summed E-state index contributed by atoms with van der Waals surface area (Å²) < 4.78 is 0.816. The molecule has 0 saturated carbocycles. The fraction of sp³-hybridized carbons (Fsp3) is 0. The van der Waals surface area contributed by atoms with Crippen LogP contribution in [0, 0.1) is 0 Å². The van der Waals surface area contributed by atoms with Crippen molar-refractivity contribution >= 4 is 29.2 Å². The molecule has 5 heteroatoms. The Morgan fingerprint density at radius 1 is 1.50 bits per heavy atom. The van der Waals surface area contributed by atoms with E-state index < -0.39 is 0 Å². The molecule has 0 aliphatic carbocycles. The fourth-order valence-corrected chi connectivity index (χ4v) is 0.722. The first-order valence-corrected chi connectivity index (χ1v) is 3.25. The minimum atomic E-state index is 0.743. The van der Waals surface area contributed by atoms with Crippen LogP contribution >= 0.6 is 23.6 Å². The van der Waals surface area contributed by atoms with E-state index in [0.717, 1.165) is 9.73 Å². The lowest BCUT2D eigenvalue weighted by Gasteiger charge is -2.05. The normalized spacial score (nSPS) is 9.90. The second-order valence-electron chi connectivity index (χ2n) is 1.59. The van der Waals surface area contributed by atoms with Crippen LogP contribution in [-0.4, -0.2) is 9.03 Å². The summed E-state index contributed by atoms with van der Waals surface area (Å²) in [6, 6.07) is 3.57. The summed E-state index contributed by atoms with van der Waals surface area (Å²) in [4.78, 5) is 3.83. The number of halogens is 2. The highest BCUT2D eigenvalue weighted by molar-refractivity contribution is 6.34. The van der Waals surface area contributed by atoms with Crippen LogP contribution in [-0.2, 0) is 0 Å². The van der Waals surface area contributed by atoms with Gasteiger partial charge in [-0.05, 0) is 16.2 Å². The molecule has 3 nitrogen and oxygen atoms in total. The van der Waals surface area contributed by atoms with Gasteiger partial charge in [0.1, 0.15) is 0 Å². The van der Waals surface area contributed by atoms with Gasteiger partial charge < -0.3 is 0 Å². The molecule has 0 fully saturated rings. The zero-order valence-electron chi connectivity index (χ0n) is 4.96. The van der Waals surface area contributed by atoms with Gasteiger partial charge in [-0.15, -0.1) is 0 Å². The molecular formula is C5H5Cl2N3. The van der Waals surface area contributed by atoms with Gasteiger partial charge in [0.2, 0.25) is 0 Å². The van der Waals surface area contributed by atoms with Crippen LogP contribution in [0.25, 0.3) is 0 Å². The molecule has 0 aliphatic heterocycles.